The minimum atomic E-state index is -0.0975. The smallest absolute Gasteiger partial charge is 0.266 e. The Hall–Kier alpha value is -1.70. The summed E-state index contributed by atoms with van der Waals surface area (Å²) in [5.74, 6) is -0.00130. The Morgan fingerprint density at radius 3 is 2.69 bits per heavy atom. The molecule has 0 radical (unpaired) electrons. The van der Waals surface area contributed by atoms with E-state index in [-0.39, 0.29) is 36.8 Å². The lowest BCUT2D eigenvalue weighted by Gasteiger charge is -2.36. The molecule has 1 aliphatic rings. The van der Waals surface area contributed by atoms with Crippen LogP contribution in [0.5, 0.6) is 0 Å². The van der Waals surface area contributed by atoms with Crippen LogP contribution in [0.4, 0.5) is 0 Å². The molecule has 2 aromatic heterocycles. The van der Waals surface area contributed by atoms with Crippen LogP contribution in [0.15, 0.2) is 48.7 Å². The van der Waals surface area contributed by atoms with E-state index in [1.54, 1.807) is 6.20 Å². The average molecular weight is 472 g/mol. The number of piperazine rings is 1. The third-order valence-electron chi connectivity index (χ3n) is 4.64. The summed E-state index contributed by atoms with van der Waals surface area (Å²) in [5, 5.41) is 4.81. The molecule has 4 rings (SSSR count). The summed E-state index contributed by atoms with van der Waals surface area (Å²) in [6.45, 7) is 3.95. The normalized spacial score (nSPS) is 15.9. The maximum atomic E-state index is 13.4. The molecule has 0 aliphatic carbocycles. The van der Waals surface area contributed by atoms with Crippen LogP contribution in [0.3, 0.4) is 0 Å². The van der Waals surface area contributed by atoms with Crippen molar-refractivity contribution in [2.45, 2.75) is 13.0 Å². The number of rotatable bonds is 3. The summed E-state index contributed by atoms with van der Waals surface area (Å²) in [5.41, 5.74) is 2.49. The van der Waals surface area contributed by atoms with Gasteiger partial charge >= 0.3 is 0 Å². The summed E-state index contributed by atoms with van der Waals surface area (Å²) < 4.78 is 0. The van der Waals surface area contributed by atoms with Crippen LogP contribution in [0.1, 0.15) is 27.0 Å². The molecule has 0 saturated carbocycles. The van der Waals surface area contributed by atoms with Crippen molar-refractivity contribution >= 4 is 53.7 Å². The van der Waals surface area contributed by atoms with E-state index in [0.717, 1.165) is 28.5 Å². The van der Waals surface area contributed by atoms with Crippen LogP contribution in [0.25, 0.3) is 10.7 Å². The Balaban J connectivity index is 0.00000150. The van der Waals surface area contributed by atoms with Gasteiger partial charge in [0.05, 0.1) is 17.4 Å². The van der Waals surface area contributed by atoms with E-state index in [2.05, 4.69) is 15.3 Å². The third kappa shape index (κ3) is 4.90. The molecule has 3 aromatic rings. The van der Waals surface area contributed by atoms with Gasteiger partial charge in [-0.15, -0.1) is 36.2 Å². The zero-order valence-corrected chi connectivity index (χ0v) is 18.9. The van der Waals surface area contributed by atoms with E-state index < -0.39 is 0 Å². The van der Waals surface area contributed by atoms with E-state index in [0.29, 0.717) is 23.0 Å². The quantitative estimate of drug-likeness (QED) is 0.596. The number of pyridine rings is 1. The molecule has 1 aromatic carbocycles. The van der Waals surface area contributed by atoms with E-state index >= 15 is 0 Å². The van der Waals surface area contributed by atoms with Crippen molar-refractivity contribution in [1.82, 2.24) is 20.2 Å². The van der Waals surface area contributed by atoms with Crippen LogP contribution < -0.4 is 5.32 Å². The molecule has 3 heterocycles. The van der Waals surface area contributed by atoms with Gasteiger partial charge in [0, 0.05) is 30.9 Å². The lowest BCUT2D eigenvalue weighted by atomic mass is 10.0. The number of halogens is 3. The number of nitrogens with zero attached hydrogens (tertiary/aromatic N) is 3. The molecule has 1 saturated heterocycles. The number of benzene rings is 1. The number of aromatic nitrogens is 2. The van der Waals surface area contributed by atoms with Crippen LogP contribution in [-0.2, 0) is 0 Å². The standard InChI is InChI=1S/C20H19ClN4OS.2ClH/c1-13-18(27-19(24-13)16-8-4-5-9-23-16)20(26)25-11-10-22-12-17(25)14-6-2-3-7-15(14)21;;/h2-9,17,22H,10-12H2,1H3;2*1H. The Bertz CT molecular complexity index is 967. The van der Waals surface area contributed by atoms with E-state index in [4.69, 9.17) is 11.6 Å². The molecule has 9 heteroatoms. The molecule has 1 amide bonds. The predicted molar refractivity (Wildman–Crippen MR) is 123 cm³/mol. The van der Waals surface area contributed by atoms with Crippen molar-refractivity contribution in [3.63, 3.8) is 0 Å². The number of carbonyl (C=O) groups is 1. The summed E-state index contributed by atoms with van der Waals surface area (Å²) in [6, 6.07) is 13.3. The number of nitrogens with one attached hydrogen (secondary N) is 1. The fourth-order valence-electron chi connectivity index (χ4n) is 3.29. The van der Waals surface area contributed by atoms with Crippen molar-refractivity contribution in [2.24, 2.45) is 0 Å². The minimum absolute atomic E-state index is 0. The molecule has 29 heavy (non-hydrogen) atoms. The largest absolute Gasteiger partial charge is 0.328 e. The van der Waals surface area contributed by atoms with Gasteiger partial charge in [-0.1, -0.05) is 35.9 Å². The molecular formula is C20H21Cl3N4OS. The lowest BCUT2D eigenvalue weighted by molar-refractivity contribution is 0.0638. The Morgan fingerprint density at radius 2 is 1.97 bits per heavy atom. The molecule has 154 valence electrons. The van der Waals surface area contributed by atoms with E-state index in [9.17, 15) is 4.79 Å². The zero-order chi connectivity index (χ0) is 18.8. The highest BCUT2D eigenvalue weighted by Crippen LogP contribution is 2.33. The Labute approximate surface area is 191 Å². The first kappa shape index (κ1) is 23.6. The highest BCUT2D eigenvalue weighted by atomic mass is 35.5. The van der Waals surface area contributed by atoms with Crippen molar-refractivity contribution in [1.29, 1.82) is 0 Å². The highest BCUT2D eigenvalue weighted by molar-refractivity contribution is 7.17. The zero-order valence-electron chi connectivity index (χ0n) is 15.7. The fourth-order valence-corrected chi connectivity index (χ4v) is 4.56. The molecule has 1 N–H and O–H groups in total. The second kappa shape index (κ2) is 10.4. The van der Waals surface area contributed by atoms with Crippen LogP contribution in [0, 0.1) is 6.92 Å². The molecule has 1 aliphatic heterocycles. The molecule has 0 bridgehead atoms. The van der Waals surface area contributed by atoms with Gasteiger partial charge in [-0.05, 0) is 30.7 Å². The minimum Gasteiger partial charge on any atom is -0.328 e. The van der Waals surface area contributed by atoms with E-state index in [1.807, 2.05) is 54.3 Å². The molecule has 1 atom stereocenters. The molecular weight excluding hydrogens is 451 g/mol. The SMILES string of the molecule is Cc1nc(-c2ccccn2)sc1C(=O)N1CCNCC1c1ccccc1Cl.Cl.Cl. The molecule has 0 spiro atoms. The fraction of sp³-hybridized carbons (Fsp3) is 0.250. The van der Waals surface area contributed by atoms with Gasteiger partial charge in [-0.2, -0.15) is 0 Å². The first-order valence-electron chi connectivity index (χ1n) is 8.80. The van der Waals surface area contributed by atoms with Crippen molar-refractivity contribution in [3.8, 4) is 10.7 Å². The summed E-state index contributed by atoms with van der Waals surface area (Å²) >= 11 is 7.80. The second-order valence-electron chi connectivity index (χ2n) is 6.39. The Kier molecular flexibility index (Phi) is 8.43. The first-order valence-corrected chi connectivity index (χ1v) is 9.99. The molecule has 1 unspecified atom stereocenters. The monoisotopic (exact) mass is 470 g/mol. The number of carbonyl (C=O) groups excluding carboxylic acids is 1. The summed E-state index contributed by atoms with van der Waals surface area (Å²) in [6.07, 6.45) is 1.73. The van der Waals surface area contributed by atoms with Crippen LogP contribution in [0.2, 0.25) is 5.02 Å². The van der Waals surface area contributed by atoms with Crippen molar-refractivity contribution in [2.75, 3.05) is 19.6 Å². The number of amides is 1. The lowest BCUT2D eigenvalue weighted by Crippen LogP contribution is -2.48. The molecule has 1 fully saturated rings. The van der Waals surface area contributed by atoms with Gasteiger partial charge in [0.1, 0.15) is 9.88 Å². The summed E-state index contributed by atoms with van der Waals surface area (Å²) in [4.78, 5) is 24.9. The van der Waals surface area contributed by atoms with Crippen molar-refractivity contribution in [3.05, 3.63) is 69.8 Å². The van der Waals surface area contributed by atoms with Gasteiger partial charge < -0.3 is 10.2 Å². The number of hydrogen-bond acceptors (Lipinski definition) is 5. The topological polar surface area (TPSA) is 58.1 Å². The van der Waals surface area contributed by atoms with Crippen LogP contribution >= 0.6 is 47.8 Å². The third-order valence-corrected chi connectivity index (χ3v) is 6.16. The van der Waals surface area contributed by atoms with Gasteiger partial charge in [0.25, 0.3) is 5.91 Å². The summed E-state index contributed by atoms with van der Waals surface area (Å²) in [7, 11) is 0. The number of hydrogen-bond donors (Lipinski definition) is 1. The number of aryl methyl sites for hydroxylation is 1. The maximum absolute atomic E-state index is 13.4. The average Bonchev–Trinajstić information content (AvgIpc) is 3.10. The van der Waals surface area contributed by atoms with Gasteiger partial charge in [0.15, 0.2) is 0 Å². The predicted octanol–water partition coefficient (Wildman–Crippen LogP) is 4.80. The van der Waals surface area contributed by atoms with Gasteiger partial charge in [-0.3, -0.25) is 9.78 Å². The first-order chi connectivity index (χ1) is 13.1. The molecule has 5 nitrogen and oxygen atoms in total. The number of thiazole rings is 1. The highest BCUT2D eigenvalue weighted by Gasteiger charge is 2.32. The van der Waals surface area contributed by atoms with Crippen molar-refractivity contribution < 1.29 is 4.79 Å². The second-order valence-corrected chi connectivity index (χ2v) is 7.79. The maximum Gasteiger partial charge on any atom is 0.266 e. The van der Waals surface area contributed by atoms with Crippen LogP contribution in [-0.4, -0.2) is 40.4 Å². The Morgan fingerprint density at radius 1 is 1.21 bits per heavy atom. The van der Waals surface area contributed by atoms with Gasteiger partial charge in [0.2, 0.25) is 0 Å². The van der Waals surface area contributed by atoms with E-state index in [1.165, 1.54) is 11.3 Å². The van der Waals surface area contributed by atoms with Gasteiger partial charge in [-0.25, -0.2) is 4.98 Å².